The first-order valence-corrected chi connectivity index (χ1v) is 19.0. The highest BCUT2D eigenvalue weighted by molar-refractivity contribution is 7.92. The van der Waals surface area contributed by atoms with Crippen LogP contribution in [0.4, 0.5) is 5.69 Å². The molecule has 51 heavy (non-hydrogen) atoms. The maximum Gasteiger partial charge on any atom is 0.264 e. The number of amides is 2. The van der Waals surface area contributed by atoms with Crippen molar-refractivity contribution in [2.45, 2.75) is 75.9 Å². The van der Waals surface area contributed by atoms with E-state index in [1.807, 2.05) is 62.4 Å². The number of ether oxygens (including phenoxy) is 2. The van der Waals surface area contributed by atoms with Crippen LogP contribution in [0.15, 0.2) is 95.9 Å². The molecule has 1 N–H and O–H groups in total. The summed E-state index contributed by atoms with van der Waals surface area (Å²) in [7, 11) is -1.46. The summed E-state index contributed by atoms with van der Waals surface area (Å²) in [6, 6.07) is 25.4. The Morgan fingerprint density at radius 2 is 1.49 bits per heavy atom. The molecule has 0 spiro atoms. The van der Waals surface area contributed by atoms with Crippen LogP contribution >= 0.6 is 11.6 Å². The molecule has 4 aromatic carbocycles. The van der Waals surface area contributed by atoms with Crippen molar-refractivity contribution >= 4 is 39.1 Å². The maximum absolute atomic E-state index is 14.9. The van der Waals surface area contributed by atoms with Crippen LogP contribution in [0.3, 0.4) is 0 Å². The predicted molar refractivity (Wildman–Crippen MR) is 201 cm³/mol. The number of halogens is 1. The van der Waals surface area contributed by atoms with Crippen molar-refractivity contribution < 1.29 is 27.5 Å². The molecule has 1 aliphatic carbocycles. The Hall–Kier alpha value is -4.54. The van der Waals surface area contributed by atoms with E-state index in [2.05, 4.69) is 5.32 Å². The van der Waals surface area contributed by atoms with Gasteiger partial charge in [-0.2, -0.15) is 0 Å². The molecule has 0 bridgehead atoms. The number of hydrogen-bond acceptors (Lipinski definition) is 6. The number of benzene rings is 4. The Kier molecular flexibility index (Phi) is 12.7. The van der Waals surface area contributed by atoms with E-state index in [0.717, 1.165) is 53.1 Å². The van der Waals surface area contributed by atoms with E-state index >= 15 is 0 Å². The zero-order chi connectivity index (χ0) is 36.5. The third-order valence-electron chi connectivity index (χ3n) is 9.24. The van der Waals surface area contributed by atoms with Crippen LogP contribution in [0.25, 0.3) is 0 Å². The van der Waals surface area contributed by atoms with Crippen LogP contribution in [0.5, 0.6) is 11.5 Å². The van der Waals surface area contributed by atoms with E-state index in [-0.39, 0.29) is 35.6 Å². The molecule has 1 fully saturated rings. The molecular formula is C40H46ClN3O6S. The number of aryl methyl sites for hydroxylation is 2. The van der Waals surface area contributed by atoms with Crippen molar-refractivity contribution in [2.24, 2.45) is 0 Å². The Morgan fingerprint density at radius 1 is 0.843 bits per heavy atom. The second kappa shape index (κ2) is 17.1. The number of sulfonamides is 1. The molecule has 1 saturated carbocycles. The summed E-state index contributed by atoms with van der Waals surface area (Å²) in [5.74, 6) is -0.248. The van der Waals surface area contributed by atoms with E-state index in [1.165, 1.54) is 37.3 Å². The number of nitrogens with one attached hydrogen (secondary N) is 1. The van der Waals surface area contributed by atoms with Crippen molar-refractivity contribution in [1.82, 2.24) is 10.2 Å². The zero-order valence-electron chi connectivity index (χ0n) is 29.6. The third-order valence-corrected chi connectivity index (χ3v) is 11.4. The molecule has 0 saturated heterocycles. The third kappa shape index (κ3) is 9.42. The molecule has 1 aliphatic rings. The summed E-state index contributed by atoms with van der Waals surface area (Å²) in [4.78, 5) is 30.6. The van der Waals surface area contributed by atoms with Gasteiger partial charge in [0.2, 0.25) is 11.8 Å². The fourth-order valence-electron chi connectivity index (χ4n) is 6.64. The van der Waals surface area contributed by atoms with Gasteiger partial charge in [-0.25, -0.2) is 8.42 Å². The molecule has 1 atom stereocenters. The van der Waals surface area contributed by atoms with Crippen molar-refractivity contribution in [2.75, 3.05) is 25.1 Å². The molecule has 4 aromatic rings. The Labute approximate surface area is 306 Å². The van der Waals surface area contributed by atoms with Gasteiger partial charge in [0.15, 0.2) is 11.5 Å². The molecule has 270 valence electrons. The molecule has 0 aromatic heterocycles. The van der Waals surface area contributed by atoms with Gasteiger partial charge in [-0.1, -0.05) is 85.5 Å². The second-order valence-electron chi connectivity index (χ2n) is 13.0. The van der Waals surface area contributed by atoms with Crippen molar-refractivity contribution in [3.05, 3.63) is 118 Å². The van der Waals surface area contributed by atoms with E-state index in [9.17, 15) is 18.0 Å². The summed E-state index contributed by atoms with van der Waals surface area (Å²) >= 11 is 6.65. The second-order valence-corrected chi connectivity index (χ2v) is 15.3. The van der Waals surface area contributed by atoms with Crippen LogP contribution in [0.1, 0.15) is 54.4 Å². The molecule has 0 radical (unpaired) electrons. The van der Waals surface area contributed by atoms with Crippen LogP contribution < -0.4 is 19.1 Å². The van der Waals surface area contributed by atoms with Gasteiger partial charge >= 0.3 is 0 Å². The molecule has 5 rings (SSSR count). The number of methoxy groups -OCH3 is 2. The highest BCUT2D eigenvalue weighted by atomic mass is 35.5. The number of anilines is 1. The smallest absolute Gasteiger partial charge is 0.264 e. The normalized spacial score (nSPS) is 14.0. The van der Waals surface area contributed by atoms with E-state index < -0.39 is 28.5 Å². The Balaban J connectivity index is 1.61. The Morgan fingerprint density at radius 3 is 2.14 bits per heavy atom. The number of rotatable bonds is 14. The van der Waals surface area contributed by atoms with Crippen molar-refractivity contribution in [1.29, 1.82) is 0 Å². The lowest BCUT2D eigenvalue weighted by Gasteiger charge is -2.35. The summed E-state index contributed by atoms with van der Waals surface area (Å²) in [5, 5.41) is 3.67. The Bertz CT molecular complexity index is 1910. The van der Waals surface area contributed by atoms with Gasteiger partial charge in [-0.15, -0.1) is 0 Å². The topological polar surface area (TPSA) is 105 Å². The minimum Gasteiger partial charge on any atom is -0.493 e. The van der Waals surface area contributed by atoms with Gasteiger partial charge < -0.3 is 19.7 Å². The van der Waals surface area contributed by atoms with Crippen LogP contribution in [0.2, 0.25) is 5.02 Å². The summed E-state index contributed by atoms with van der Waals surface area (Å²) in [5.41, 5.74) is 3.47. The van der Waals surface area contributed by atoms with Crippen molar-refractivity contribution in [3.63, 3.8) is 0 Å². The highest BCUT2D eigenvalue weighted by Crippen LogP contribution is 2.33. The zero-order valence-corrected chi connectivity index (χ0v) is 31.2. The molecule has 9 nitrogen and oxygen atoms in total. The molecule has 2 amide bonds. The maximum atomic E-state index is 14.9. The first kappa shape index (κ1) is 37.7. The minimum absolute atomic E-state index is 0.000938. The monoisotopic (exact) mass is 731 g/mol. The first-order chi connectivity index (χ1) is 24.5. The van der Waals surface area contributed by atoms with Crippen LogP contribution in [-0.4, -0.2) is 58.0 Å². The van der Waals surface area contributed by atoms with Crippen molar-refractivity contribution in [3.8, 4) is 11.5 Å². The molecular weight excluding hydrogens is 686 g/mol. The standard InChI is InChI=1S/C40H46ClN3O6S/c1-28-21-29(2)23-33(22-28)44(51(47,48)34-19-20-37(49-3)38(25-34)50-4)27-39(45)43(26-31-15-11-12-18-35(31)41)36(24-30-13-7-5-8-14-30)40(46)42-32-16-9-6-10-17-32/h5,7-8,11-15,18-23,25,32,36H,6,9-10,16-17,24,26-27H2,1-4H3,(H,42,46)/t36-/m1/s1. The largest absolute Gasteiger partial charge is 0.493 e. The highest BCUT2D eigenvalue weighted by Gasteiger charge is 2.36. The summed E-state index contributed by atoms with van der Waals surface area (Å²) < 4.78 is 41.1. The number of carbonyl (C=O) groups excluding carboxylic acids is 2. The number of hydrogen-bond donors (Lipinski definition) is 1. The lowest BCUT2D eigenvalue weighted by atomic mass is 9.94. The van der Waals surface area contributed by atoms with Gasteiger partial charge in [-0.05, 0) is 79.3 Å². The van der Waals surface area contributed by atoms with Gasteiger partial charge in [0.25, 0.3) is 10.0 Å². The van der Waals surface area contributed by atoms with Crippen LogP contribution in [-0.2, 0) is 32.6 Å². The van der Waals surface area contributed by atoms with Gasteiger partial charge in [0.05, 0.1) is 24.8 Å². The lowest BCUT2D eigenvalue weighted by Crippen LogP contribution is -2.55. The molecule has 0 heterocycles. The molecule has 0 aliphatic heterocycles. The predicted octanol–water partition coefficient (Wildman–Crippen LogP) is 7.26. The molecule has 11 heteroatoms. The van der Waals surface area contributed by atoms with Crippen LogP contribution in [0, 0.1) is 13.8 Å². The molecule has 0 unspecified atom stereocenters. The van der Waals surface area contributed by atoms with Gasteiger partial charge in [-0.3, -0.25) is 13.9 Å². The fourth-order valence-corrected chi connectivity index (χ4v) is 8.25. The van der Waals surface area contributed by atoms with E-state index in [4.69, 9.17) is 21.1 Å². The lowest BCUT2D eigenvalue weighted by molar-refractivity contribution is -0.140. The number of carbonyl (C=O) groups is 2. The van der Waals surface area contributed by atoms with E-state index in [1.54, 1.807) is 24.3 Å². The van der Waals surface area contributed by atoms with E-state index in [0.29, 0.717) is 22.0 Å². The minimum atomic E-state index is -4.36. The summed E-state index contributed by atoms with van der Waals surface area (Å²) in [6.07, 6.45) is 5.13. The average Bonchev–Trinajstić information content (AvgIpc) is 3.12. The number of nitrogens with zero attached hydrogens (tertiary/aromatic N) is 2. The first-order valence-electron chi connectivity index (χ1n) is 17.2. The SMILES string of the molecule is COc1ccc(S(=O)(=O)N(CC(=O)N(Cc2ccccc2Cl)[C@H](Cc2ccccc2)C(=O)NC2CCCCC2)c2cc(C)cc(C)c2)cc1OC. The van der Waals surface area contributed by atoms with Gasteiger partial charge in [0, 0.05) is 30.1 Å². The summed E-state index contributed by atoms with van der Waals surface area (Å²) in [6.45, 7) is 3.15. The quantitative estimate of drug-likeness (QED) is 0.147. The fraction of sp³-hybridized carbons (Fsp3) is 0.350. The average molecular weight is 732 g/mol. The van der Waals surface area contributed by atoms with Gasteiger partial charge in [0.1, 0.15) is 12.6 Å².